The van der Waals surface area contributed by atoms with E-state index in [0.29, 0.717) is 21.9 Å². The van der Waals surface area contributed by atoms with Crippen molar-refractivity contribution in [2.45, 2.75) is 33.8 Å². The van der Waals surface area contributed by atoms with Crippen LogP contribution in [0.3, 0.4) is 0 Å². The van der Waals surface area contributed by atoms with Gasteiger partial charge in [-0.1, -0.05) is 29.8 Å². The molecule has 1 N–H and O–H groups in total. The molecule has 0 atom stereocenters. The Kier molecular flexibility index (Phi) is 6.57. The van der Waals surface area contributed by atoms with Crippen molar-refractivity contribution in [3.05, 3.63) is 70.1 Å². The zero-order chi connectivity index (χ0) is 21.8. The Morgan fingerprint density at radius 1 is 0.967 bits per heavy atom. The summed E-state index contributed by atoms with van der Waals surface area (Å²) in [5.74, 6) is -0.0794. The van der Waals surface area contributed by atoms with Crippen LogP contribution < -0.4 is 10.1 Å². The first-order chi connectivity index (χ1) is 14.3. The quantitative estimate of drug-likeness (QED) is 0.505. The van der Waals surface area contributed by atoms with Crippen molar-refractivity contribution < 1.29 is 19.1 Å². The molecule has 2 aromatic carbocycles. The Morgan fingerprint density at radius 2 is 1.60 bits per heavy atom. The van der Waals surface area contributed by atoms with Crippen LogP contribution in [0.4, 0.5) is 5.00 Å². The number of esters is 1. The monoisotopic (exact) mass is 423 g/mol. The Morgan fingerprint density at radius 3 is 2.17 bits per heavy atom. The van der Waals surface area contributed by atoms with E-state index >= 15 is 0 Å². The Labute approximate surface area is 180 Å². The van der Waals surface area contributed by atoms with E-state index in [2.05, 4.69) is 5.32 Å². The van der Waals surface area contributed by atoms with Crippen LogP contribution in [-0.2, 0) is 4.74 Å². The highest BCUT2D eigenvalue weighted by Crippen LogP contribution is 2.40. The summed E-state index contributed by atoms with van der Waals surface area (Å²) in [7, 11) is 1.34. The minimum atomic E-state index is -0.481. The molecule has 5 nitrogen and oxygen atoms in total. The van der Waals surface area contributed by atoms with Gasteiger partial charge < -0.3 is 14.8 Å². The SMILES string of the molecule is COC(=O)c1c(NC(=O)c2ccc(OC(C)C)cc2)sc(C)c1-c1ccc(C)cc1. The van der Waals surface area contributed by atoms with E-state index in [1.165, 1.54) is 18.4 Å². The summed E-state index contributed by atoms with van der Waals surface area (Å²) < 4.78 is 10.6. The van der Waals surface area contributed by atoms with Crippen molar-refractivity contribution in [1.82, 2.24) is 0 Å². The Bertz CT molecular complexity index is 1050. The molecule has 3 rings (SSSR count). The first-order valence-electron chi connectivity index (χ1n) is 9.67. The van der Waals surface area contributed by atoms with Crippen molar-refractivity contribution in [2.75, 3.05) is 12.4 Å². The average molecular weight is 424 g/mol. The highest BCUT2D eigenvalue weighted by atomic mass is 32.1. The van der Waals surface area contributed by atoms with Crippen molar-refractivity contribution in [1.29, 1.82) is 0 Å². The number of amides is 1. The van der Waals surface area contributed by atoms with Gasteiger partial charge in [-0.2, -0.15) is 0 Å². The lowest BCUT2D eigenvalue weighted by molar-refractivity contribution is 0.0603. The largest absolute Gasteiger partial charge is 0.491 e. The van der Waals surface area contributed by atoms with Crippen LogP contribution in [0.1, 0.15) is 45.0 Å². The number of rotatable bonds is 6. The molecule has 0 radical (unpaired) electrons. The molecule has 1 heterocycles. The van der Waals surface area contributed by atoms with Gasteiger partial charge in [-0.25, -0.2) is 4.79 Å². The van der Waals surface area contributed by atoms with Gasteiger partial charge in [0.15, 0.2) is 0 Å². The number of thiophene rings is 1. The van der Waals surface area contributed by atoms with E-state index in [0.717, 1.165) is 21.6 Å². The minimum absolute atomic E-state index is 0.0570. The molecule has 1 aromatic heterocycles. The maximum Gasteiger partial charge on any atom is 0.341 e. The maximum atomic E-state index is 12.8. The van der Waals surface area contributed by atoms with Crippen molar-refractivity contribution >= 4 is 28.2 Å². The number of carbonyl (C=O) groups is 2. The number of benzene rings is 2. The molecule has 30 heavy (non-hydrogen) atoms. The summed E-state index contributed by atoms with van der Waals surface area (Å²) in [6, 6.07) is 14.8. The lowest BCUT2D eigenvalue weighted by Crippen LogP contribution is -2.14. The van der Waals surface area contributed by atoms with E-state index in [1.54, 1.807) is 24.3 Å². The van der Waals surface area contributed by atoms with Crippen molar-refractivity contribution in [3.63, 3.8) is 0 Å². The van der Waals surface area contributed by atoms with Crippen LogP contribution in [0, 0.1) is 13.8 Å². The molecular formula is C24H25NO4S. The normalized spacial score (nSPS) is 10.7. The first kappa shape index (κ1) is 21.6. The van der Waals surface area contributed by atoms with Crippen molar-refractivity contribution in [2.24, 2.45) is 0 Å². The fourth-order valence-electron chi connectivity index (χ4n) is 3.13. The second-order valence-electron chi connectivity index (χ2n) is 7.24. The molecule has 0 saturated heterocycles. The molecule has 0 aliphatic carbocycles. The Balaban J connectivity index is 1.94. The molecule has 0 saturated carbocycles. The molecule has 156 valence electrons. The lowest BCUT2D eigenvalue weighted by atomic mass is 10.0. The van der Waals surface area contributed by atoms with Gasteiger partial charge >= 0.3 is 5.97 Å². The number of hydrogen-bond acceptors (Lipinski definition) is 5. The van der Waals surface area contributed by atoms with E-state index in [4.69, 9.17) is 9.47 Å². The predicted molar refractivity (Wildman–Crippen MR) is 121 cm³/mol. The third-order valence-electron chi connectivity index (χ3n) is 4.53. The number of methoxy groups -OCH3 is 1. The number of nitrogens with one attached hydrogen (secondary N) is 1. The topological polar surface area (TPSA) is 64.6 Å². The van der Waals surface area contributed by atoms with Gasteiger partial charge in [0.1, 0.15) is 16.3 Å². The zero-order valence-corrected chi connectivity index (χ0v) is 18.6. The number of carbonyl (C=O) groups excluding carboxylic acids is 2. The Hall–Kier alpha value is -3.12. The molecular weight excluding hydrogens is 398 g/mol. The summed E-state index contributed by atoms with van der Waals surface area (Å²) in [6.07, 6.45) is 0.0570. The first-order valence-corrected chi connectivity index (χ1v) is 10.5. The van der Waals surface area contributed by atoms with E-state index in [1.807, 2.05) is 52.0 Å². The van der Waals surface area contributed by atoms with Crippen LogP contribution in [-0.4, -0.2) is 25.1 Å². The number of ether oxygens (including phenoxy) is 2. The van der Waals surface area contributed by atoms with E-state index < -0.39 is 5.97 Å². The number of hydrogen-bond donors (Lipinski definition) is 1. The molecule has 3 aromatic rings. The zero-order valence-electron chi connectivity index (χ0n) is 17.7. The van der Waals surface area contributed by atoms with Gasteiger partial charge in [-0.05, 0) is 57.5 Å². The standard InChI is InChI=1S/C24H25NO4S/c1-14(2)29-19-12-10-18(11-13-19)22(26)25-23-21(24(27)28-5)20(16(4)30-23)17-8-6-15(3)7-9-17/h6-14H,1-5H3,(H,25,26). The van der Waals surface area contributed by atoms with E-state index in [-0.39, 0.29) is 12.0 Å². The minimum Gasteiger partial charge on any atom is -0.491 e. The van der Waals surface area contributed by atoms with Crippen LogP contribution in [0.2, 0.25) is 0 Å². The van der Waals surface area contributed by atoms with Gasteiger partial charge in [0, 0.05) is 16.0 Å². The third kappa shape index (κ3) is 4.71. The molecule has 1 amide bonds. The predicted octanol–water partition coefficient (Wildman–Crippen LogP) is 5.86. The molecule has 0 bridgehead atoms. The number of anilines is 1. The van der Waals surface area contributed by atoms with Gasteiger partial charge in [0.2, 0.25) is 0 Å². The second kappa shape index (κ2) is 9.13. The third-order valence-corrected chi connectivity index (χ3v) is 5.55. The highest BCUT2D eigenvalue weighted by Gasteiger charge is 2.25. The molecule has 0 aliphatic rings. The summed E-state index contributed by atoms with van der Waals surface area (Å²) in [5.41, 5.74) is 3.67. The van der Waals surface area contributed by atoms with Crippen LogP contribution in [0.25, 0.3) is 11.1 Å². The van der Waals surface area contributed by atoms with Gasteiger partial charge in [-0.3, -0.25) is 4.79 Å². The summed E-state index contributed by atoms with van der Waals surface area (Å²) in [6.45, 7) is 7.83. The average Bonchev–Trinajstić information content (AvgIpc) is 3.03. The fourth-order valence-corrected chi connectivity index (χ4v) is 4.19. The summed E-state index contributed by atoms with van der Waals surface area (Å²) >= 11 is 1.36. The summed E-state index contributed by atoms with van der Waals surface area (Å²) in [5, 5.41) is 3.36. The van der Waals surface area contributed by atoms with E-state index in [9.17, 15) is 9.59 Å². The van der Waals surface area contributed by atoms with Crippen molar-refractivity contribution in [3.8, 4) is 16.9 Å². The second-order valence-corrected chi connectivity index (χ2v) is 8.46. The van der Waals surface area contributed by atoms with Crippen LogP contribution >= 0.6 is 11.3 Å². The highest BCUT2D eigenvalue weighted by molar-refractivity contribution is 7.17. The molecule has 0 fully saturated rings. The molecule has 0 spiro atoms. The van der Waals surface area contributed by atoms with Gasteiger partial charge in [0.05, 0.1) is 13.2 Å². The summed E-state index contributed by atoms with van der Waals surface area (Å²) in [4.78, 5) is 26.3. The van der Waals surface area contributed by atoms with Crippen LogP contribution in [0.5, 0.6) is 5.75 Å². The smallest absolute Gasteiger partial charge is 0.341 e. The lowest BCUT2D eigenvalue weighted by Gasteiger charge is -2.11. The molecule has 0 aliphatic heterocycles. The molecule has 0 unspecified atom stereocenters. The van der Waals surface area contributed by atoms with Gasteiger partial charge in [0.25, 0.3) is 5.91 Å². The fraction of sp³-hybridized carbons (Fsp3) is 0.250. The van der Waals surface area contributed by atoms with Gasteiger partial charge in [-0.15, -0.1) is 11.3 Å². The van der Waals surface area contributed by atoms with Crippen LogP contribution in [0.15, 0.2) is 48.5 Å². The molecule has 6 heteroatoms. The maximum absolute atomic E-state index is 12.8. The number of aryl methyl sites for hydroxylation is 2.